The van der Waals surface area contributed by atoms with Gasteiger partial charge in [0.2, 0.25) is 0 Å². The second-order valence-corrected chi connectivity index (χ2v) is 5.44. The fourth-order valence-electron chi connectivity index (χ4n) is 2.75. The molecule has 4 rings (SSSR count). The highest BCUT2D eigenvalue weighted by atomic mass is 19.2. The standard InChI is InChI=1S/C16H11F2N3O/c17-13-4-9-5-15(10-3-11(8-22)20-19-7-10)21(12-1-2-12)16(9)6-14(13)18/h3-8,12H,1-2H2. The average Bonchev–Trinajstić information content (AvgIpc) is 3.30. The monoisotopic (exact) mass is 299 g/mol. The van der Waals surface area contributed by atoms with Gasteiger partial charge in [0.15, 0.2) is 17.9 Å². The summed E-state index contributed by atoms with van der Waals surface area (Å²) < 4.78 is 29.0. The third-order valence-corrected chi connectivity index (χ3v) is 3.88. The van der Waals surface area contributed by atoms with Gasteiger partial charge in [0.1, 0.15) is 5.69 Å². The van der Waals surface area contributed by atoms with Crippen LogP contribution in [-0.2, 0) is 0 Å². The molecule has 1 fully saturated rings. The molecule has 1 aromatic carbocycles. The molecule has 0 aliphatic heterocycles. The largest absolute Gasteiger partial charge is 0.337 e. The number of hydrogen-bond donors (Lipinski definition) is 0. The number of nitrogens with zero attached hydrogens (tertiary/aromatic N) is 3. The summed E-state index contributed by atoms with van der Waals surface area (Å²) in [6.45, 7) is 0. The Morgan fingerprint density at radius 2 is 1.91 bits per heavy atom. The molecule has 2 heterocycles. The van der Waals surface area contributed by atoms with E-state index in [0.29, 0.717) is 22.8 Å². The van der Waals surface area contributed by atoms with Gasteiger partial charge >= 0.3 is 0 Å². The Hall–Kier alpha value is -2.63. The summed E-state index contributed by atoms with van der Waals surface area (Å²) in [7, 11) is 0. The van der Waals surface area contributed by atoms with Gasteiger partial charge in [-0.2, -0.15) is 5.10 Å². The SMILES string of the molecule is O=Cc1cc(-c2cc3cc(F)c(F)cc3n2C2CC2)cnn1. The molecule has 3 aromatic rings. The molecule has 4 nitrogen and oxygen atoms in total. The Labute approximate surface area is 124 Å². The van der Waals surface area contributed by atoms with Crippen LogP contribution in [0.25, 0.3) is 22.2 Å². The summed E-state index contributed by atoms with van der Waals surface area (Å²) in [6, 6.07) is 6.11. The maximum atomic E-state index is 13.6. The van der Waals surface area contributed by atoms with Crippen molar-refractivity contribution < 1.29 is 13.6 Å². The number of hydrogen-bond acceptors (Lipinski definition) is 3. The van der Waals surface area contributed by atoms with Gasteiger partial charge < -0.3 is 4.57 Å². The third kappa shape index (κ3) is 1.99. The lowest BCUT2D eigenvalue weighted by Gasteiger charge is -2.09. The first-order chi connectivity index (χ1) is 10.7. The van der Waals surface area contributed by atoms with Crippen molar-refractivity contribution in [2.75, 3.05) is 0 Å². The molecule has 1 aliphatic carbocycles. The average molecular weight is 299 g/mol. The van der Waals surface area contributed by atoms with Gasteiger partial charge in [0.25, 0.3) is 0 Å². The third-order valence-electron chi connectivity index (χ3n) is 3.88. The highest BCUT2D eigenvalue weighted by Gasteiger charge is 2.28. The molecule has 0 N–H and O–H groups in total. The van der Waals surface area contributed by atoms with E-state index in [1.807, 2.05) is 4.57 Å². The quantitative estimate of drug-likeness (QED) is 0.695. The molecule has 0 atom stereocenters. The minimum atomic E-state index is -0.867. The molecule has 0 bridgehead atoms. The van der Waals surface area contributed by atoms with Crippen molar-refractivity contribution >= 4 is 17.2 Å². The lowest BCUT2D eigenvalue weighted by molar-refractivity contribution is 0.111. The highest BCUT2D eigenvalue weighted by molar-refractivity contribution is 5.88. The van der Waals surface area contributed by atoms with E-state index in [2.05, 4.69) is 10.2 Å². The Balaban J connectivity index is 2.00. The Morgan fingerprint density at radius 1 is 1.14 bits per heavy atom. The first-order valence-corrected chi connectivity index (χ1v) is 6.95. The van der Waals surface area contributed by atoms with Crippen molar-refractivity contribution in [2.24, 2.45) is 0 Å². The van der Waals surface area contributed by atoms with Crippen LogP contribution in [0.15, 0.2) is 30.5 Å². The van der Waals surface area contributed by atoms with Crippen LogP contribution < -0.4 is 0 Å². The van der Waals surface area contributed by atoms with Crippen molar-refractivity contribution in [3.05, 3.63) is 47.8 Å². The zero-order valence-electron chi connectivity index (χ0n) is 11.5. The topological polar surface area (TPSA) is 47.8 Å². The Kier molecular flexibility index (Phi) is 2.79. The van der Waals surface area contributed by atoms with Crippen LogP contribution in [0.3, 0.4) is 0 Å². The van der Waals surface area contributed by atoms with Crippen molar-refractivity contribution in [3.8, 4) is 11.3 Å². The van der Waals surface area contributed by atoms with Crippen LogP contribution in [0.1, 0.15) is 29.4 Å². The molecule has 2 aromatic heterocycles. The van der Waals surface area contributed by atoms with Gasteiger partial charge in [0.05, 0.1) is 17.4 Å². The molecular formula is C16H11F2N3O. The number of benzene rings is 1. The molecular weight excluding hydrogens is 288 g/mol. The molecule has 110 valence electrons. The van der Waals surface area contributed by atoms with Crippen molar-refractivity contribution in [1.82, 2.24) is 14.8 Å². The normalized spacial score (nSPS) is 14.5. The second-order valence-electron chi connectivity index (χ2n) is 5.44. The van der Waals surface area contributed by atoms with E-state index in [-0.39, 0.29) is 11.7 Å². The number of halogens is 2. The molecule has 1 saturated carbocycles. The lowest BCUT2D eigenvalue weighted by atomic mass is 10.2. The fourth-order valence-corrected chi connectivity index (χ4v) is 2.75. The summed E-state index contributed by atoms with van der Waals surface area (Å²) in [4.78, 5) is 10.9. The maximum absolute atomic E-state index is 13.6. The summed E-state index contributed by atoms with van der Waals surface area (Å²) in [5.74, 6) is -1.73. The van der Waals surface area contributed by atoms with E-state index >= 15 is 0 Å². The van der Waals surface area contributed by atoms with Gasteiger partial charge in [-0.1, -0.05) is 0 Å². The van der Waals surface area contributed by atoms with Crippen molar-refractivity contribution in [2.45, 2.75) is 18.9 Å². The van der Waals surface area contributed by atoms with Crippen LogP contribution in [0.4, 0.5) is 8.78 Å². The molecule has 0 amide bonds. The summed E-state index contributed by atoms with van der Waals surface area (Å²) in [5.41, 5.74) is 2.38. The Morgan fingerprint density at radius 3 is 2.64 bits per heavy atom. The van der Waals surface area contributed by atoms with Crippen LogP contribution >= 0.6 is 0 Å². The Bertz CT molecular complexity index is 900. The molecule has 0 radical (unpaired) electrons. The summed E-state index contributed by atoms with van der Waals surface area (Å²) >= 11 is 0. The zero-order chi connectivity index (χ0) is 15.3. The first kappa shape index (κ1) is 13.1. The fraction of sp³-hybridized carbons (Fsp3) is 0.188. The van der Waals surface area contributed by atoms with E-state index in [4.69, 9.17) is 0 Å². The number of carbonyl (C=O) groups excluding carboxylic acids is 1. The minimum Gasteiger partial charge on any atom is -0.337 e. The van der Waals surface area contributed by atoms with Crippen LogP contribution in [0.5, 0.6) is 0 Å². The van der Waals surface area contributed by atoms with E-state index in [9.17, 15) is 13.6 Å². The highest BCUT2D eigenvalue weighted by Crippen LogP contribution is 2.42. The van der Waals surface area contributed by atoms with Crippen LogP contribution in [0.2, 0.25) is 0 Å². The summed E-state index contributed by atoms with van der Waals surface area (Å²) in [6.07, 6.45) is 4.16. The zero-order valence-corrected chi connectivity index (χ0v) is 11.5. The molecule has 6 heteroatoms. The van der Waals surface area contributed by atoms with E-state index in [1.54, 1.807) is 18.3 Å². The van der Waals surface area contributed by atoms with E-state index in [0.717, 1.165) is 18.5 Å². The van der Waals surface area contributed by atoms with Crippen LogP contribution in [-0.4, -0.2) is 21.1 Å². The molecule has 22 heavy (non-hydrogen) atoms. The smallest absolute Gasteiger partial charge is 0.170 e. The van der Waals surface area contributed by atoms with Crippen LogP contribution in [0, 0.1) is 11.6 Å². The molecule has 0 unspecified atom stereocenters. The van der Waals surface area contributed by atoms with E-state index < -0.39 is 11.6 Å². The van der Waals surface area contributed by atoms with Crippen molar-refractivity contribution in [3.63, 3.8) is 0 Å². The van der Waals surface area contributed by atoms with Gasteiger partial charge in [0, 0.05) is 23.1 Å². The minimum absolute atomic E-state index is 0.225. The number of aldehydes is 1. The predicted octanol–water partition coefficient (Wildman–Crippen LogP) is 3.52. The van der Waals surface area contributed by atoms with Gasteiger partial charge in [-0.05, 0) is 31.0 Å². The number of aromatic nitrogens is 3. The maximum Gasteiger partial charge on any atom is 0.170 e. The summed E-state index contributed by atoms with van der Waals surface area (Å²) in [5, 5.41) is 8.15. The first-order valence-electron chi connectivity index (χ1n) is 6.95. The number of carbonyl (C=O) groups is 1. The molecule has 0 spiro atoms. The number of rotatable bonds is 3. The van der Waals surface area contributed by atoms with Gasteiger partial charge in [-0.3, -0.25) is 4.79 Å². The predicted molar refractivity (Wildman–Crippen MR) is 76.5 cm³/mol. The molecule has 1 aliphatic rings. The van der Waals surface area contributed by atoms with E-state index in [1.165, 1.54) is 12.1 Å². The van der Waals surface area contributed by atoms with Gasteiger partial charge in [-0.25, -0.2) is 8.78 Å². The van der Waals surface area contributed by atoms with Gasteiger partial charge in [-0.15, -0.1) is 5.10 Å². The number of fused-ring (bicyclic) bond motifs is 1. The van der Waals surface area contributed by atoms with Crippen molar-refractivity contribution in [1.29, 1.82) is 0 Å². The molecule has 0 saturated heterocycles. The lowest BCUT2D eigenvalue weighted by Crippen LogP contribution is -1.99. The second kappa shape index (κ2) is 4.69.